The van der Waals surface area contributed by atoms with Crippen molar-refractivity contribution >= 4 is 23.0 Å². The number of aryl methyl sites for hydroxylation is 3. The highest BCUT2D eigenvalue weighted by molar-refractivity contribution is 7.80. The summed E-state index contributed by atoms with van der Waals surface area (Å²) in [4.78, 5) is 10.0. The molecule has 0 spiro atoms. The van der Waals surface area contributed by atoms with Gasteiger partial charge in [0, 0.05) is 23.3 Å². The number of aromatic nitrogens is 2. The SMILES string of the molecule is Cc1cc(C2C(c3ccccn3)NC(=S)N2c2ccc(F)c(C)c2)c(C)[nH]1. The molecule has 0 amide bonds. The van der Waals surface area contributed by atoms with Crippen LogP contribution in [0, 0.1) is 26.6 Å². The van der Waals surface area contributed by atoms with Crippen LogP contribution in [-0.2, 0) is 0 Å². The molecule has 2 N–H and O–H groups in total. The summed E-state index contributed by atoms with van der Waals surface area (Å²) < 4.78 is 13.8. The fraction of sp³-hybridized carbons (Fsp3) is 0.238. The van der Waals surface area contributed by atoms with Gasteiger partial charge >= 0.3 is 0 Å². The maximum absolute atomic E-state index is 13.8. The van der Waals surface area contributed by atoms with Gasteiger partial charge in [0.2, 0.25) is 0 Å². The van der Waals surface area contributed by atoms with Crippen LogP contribution in [0.15, 0.2) is 48.7 Å². The van der Waals surface area contributed by atoms with Gasteiger partial charge in [-0.3, -0.25) is 4.98 Å². The van der Waals surface area contributed by atoms with Crippen LogP contribution < -0.4 is 10.2 Å². The Morgan fingerprint density at radius 2 is 1.93 bits per heavy atom. The Hall–Kier alpha value is -2.73. The van der Waals surface area contributed by atoms with Crippen molar-refractivity contribution in [1.82, 2.24) is 15.3 Å². The summed E-state index contributed by atoms with van der Waals surface area (Å²) in [6.07, 6.45) is 1.79. The summed E-state index contributed by atoms with van der Waals surface area (Å²) in [7, 11) is 0. The van der Waals surface area contributed by atoms with E-state index in [4.69, 9.17) is 12.2 Å². The van der Waals surface area contributed by atoms with E-state index in [1.807, 2.05) is 31.2 Å². The highest BCUT2D eigenvalue weighted by atomic mass is 32.1. The molecular formula is C21H21FN4S. The molecule has 1 saturated heterocycles. The standard InChI is InChI=1S/C21H21FN4S/c1-12-10-15(7-8-17(12)22)26-20(16-11-13(2)24-14(16)3)19(25-21(26)27)18-6-4-5-9-23-18/h4-11,19-20,24H,1-3H3,(H,25,27). The van der Waals surface area contributed by atoms with Crippen molar-refractivity contribution in [2.75, 3.05) is 4.90 Å². The average Bonchev–Trinajstić information content (AvgIpc) is 3.16. The maximum Gasteiger partial charge on any atom is 0.174 e. The molecule has 1 aromatic carbocycles. The number of anilines is 1. The highest BCUT2D eigenvalue weighted by Crippen LogP contribution is 2.42. The molecule has 4 rings (SSSR count). The molecule has 0 saturated carbocycles. The molecule has 0 bridgehead atoms. The highest BCUT2D eigenvalue weighted by Gasteiger charge is 2.41. The van der Waals surface area contributed by atoms with Gasteiger partial charge in [0.05, 0.1) is 17.8 Å². The largest absolute Gasteiger partial charge is 0.362 e. The number of hydrogen-bond acceptors (Lipinski definition) is 2. The van der Waals surface area contributed by atoms with Crippen LogP contribution in [0.1, 0.15) is 40.3 Å². The van der Waals surface area contributed by atoms with E-state index < -0.39 is 0 Å². The molecule has 2 atom stereocenters. The Labute approximate surface area is 163 Å². The van der Waals surface area contributed by atoms with Gasteiger partial charge in [-0.15, -0.1) is 0 Å². The molecule has 1 fully saturated rings. The number of benzene rings is 1. The smallest absolute Gasteiger partial charge is 0.174 e. The Kier molecular flexibility index (Phi) is 4.44. The molecule has 0 radical (unpaired) electrons. The van der Waals surface area contributed by atoms with Gasteiger partial charge in [-0.05, 0) is 80.5 Å². The number of aromatic amines is 1. The van der Waals surface area contributed by atoms with Crippen LogP contribution in [0.2, 0.25) is 0 Å². The summed E-state index contributed by atoms with van der Waals surface area (Å²) in [6, 6.07) is 13.0. The molecule has 1 aliphatic heterocycles. The zero-order valence-electron chi connectivity index (χ0n) is 15.5. The molecule has 2 unspecified atom stereocenters. The quantitative estimate of drug-likeness (QED) is 0.649. The molecule has 0 aliphatic carbocycles. The zero-order chi connectivity index (χ0) is 19.1. The van der Waals surface area contributed by atoms with Crippen LogP contribution >= 0.6 is 12.2 Å². The third-order valence-electron chi connectivity index (χ3n) is 5.03. The van der Waals surface area contributed by atoms with E-state index in [9.17, 15) is 4.39 Å². The van der Waals surface area contributed by atoms with E-state index >= 15 is 0 Å². The van der Waals surface area contributed by atoms with Gasteiger partial charge in [0.1, 0.15) is 5.82 Å². The van der Waals surface area contributed by atoms with Crippen LogP contribution in [-0.4, -0.2) is 15.1 Å². The molecule has 3 aromatic rings. The van der Waals surface area contributed by atoms with E-state index in [0.717, 1.165) is 28.3 Å². The van der Waals surface area contributed by atoms with E-state index in [2.05, 4.69) is 33.2 Å². The summed E-state index contributed by atoms with van der Waals surface area (Å²) in [5.74, 6) is -0.219. The Morgan fingerprint density at radius 1 is 1.11 bits per heavy atom. The third-order valence-corrected chi connectivity index (χ3v) is 5.34. The number of rotatable bonds is 3. The monoisotopic (exact) mass is 380 g/mol. The number of thiocarbonyl (C=S) groups is 1. The lowest BCUT2D eigenvalue weighted by atomic mass is 9.96. The molecule has 2 aromatic heterocycles. The first-order valence-corrected chi connectivity index (χ1v) is 9.29. The second kappa shape index (κ2) is 6.78. The van der Waals surface area contributed by atoms with Gasteiger partial charge in [-0.2, -0.15) is 0 Å². The van der Waals surface area contributed by atoms with E-state index in [-0.39, 0.29) is 17.9 Å². The van der Waals surface area contributed by atoms with E-state index in [0.29, 0.717) is 10.7 Å². The first-order valence-electron chi connectivity index (χ1n) is 8.88. The maximum atomic E-state index is 13.8. The fourth-order valence-electron chi connectivity index (χ4n) is 3.78. The third kappa shape index (κ3) is 3.10. The van der Waals surface area contributed by atoms with E-state index in [1.165, 1.54) is 6.07 Å². The second-order valence-electron chi connectivity index (χ2n) is 6.96. The normalized spacial score (nSPS) is 19.4. The van der Waals surface area contributed by atoms with Crippen molar-refractivity contribution in [3.05, 3.63) is 82.7 Å². The Bertz CT molecular complexity index is 999. The molecule has 138 valence electrons. The molecule has 1 aliphatic rings. The summed E-state index contributed by atoms with van der Waals surface area (Å²) in [6.45, 7) is 5.87. The summed E-state index contributed by atoms with van der Waals surface area (Å²) >= 11 is 5.69. The van der Waals surface area contributed by atoms with Gasteiger partial charge in [0.15, 0.2) is 5.11 Å². The number of nitrogens with zero attached hydrogens (tertiary/aromatic N) is 2. The van der Waals surface area contributed by atoms with Gasteiger partial charge in [0.25, 0.3) is 0 Å². The van der Waals surface area contributed by atoms with Gasteiger partial charge < -0.3 is 15.2 Å². The number of hydrogen-bond donors (Lipinski definition) is 2. The number of pyridine rings is 1. The minimum absolute atomic E-state index is 0.0813. The first-order chi connectivity index (χ1) is 13.0. The fourth-order valence-corrected chi connectivity index (χ4v) is 4.13. The Balaban J connectivity index is 1.87. The topological polar surface area (TPSA) is 44.0 Å². The summed E-state index contributed by atoms with van der Waals surface area (Å²) in [5.41, 5.74) is 5.72. The lowest BCUT2D eigenvalue weighted by molar-refractivity contribution is 0.565. The summed E-state index contributed by atoms with van der Waals surface area (Å²) in [5, 5.41) is 4.04. The van der Waals surface area contributed by atoms with Gasteiger partial charge in [-0.1, -0.05) is 6.07 Å². The molecular weight excluding hydrogens is 359 g/mol. The number of H-pyrrole nitrogens is 1. The van der Waals surface area contributed by atoms with Crippen molar-refractivity contribution in [2.24, 2.45) is 0 Å². The van der Waals surface area contributed by atoms with Crippen LogP contribution in [0.25, 0.3) is 0 Å². The van der Waals surface area contributed by atoms with Crippen molar-refractivity contribution in [2.45, 2.75) is 32.9 Å². The first kappa shape index (κ1) is 17.7. The predicted molar refractivity (Wildman–Crippen MR) is 109 cm³/mol. The van der Waals surface area contributed by atoms with Crippen molar-refractivity contribution < 1.29 is 4.39 Å². The van der Waals surface area contributed by atoms with Crippen LogP contribution in [0.5, 0.6) is 0 Å². The minimum Gasteiger partial charge on any atom is -0.362 e. The molecule has 6 heteroatoms. The molecule has 4 nitrogen and oxygen atoms in total. The average molecular weight is 380 g/mol. The van der Waals surface area contributed by atoms with Crippen LogP contribution in [0.4, 0.5) is 10.1 Å². The van der Waals surface area contributed by atoms with Crippen molar-refractivity contribution in [3.63, 3.8) is 0 Å². The number of nitrogens with one attached hydrogen (secondary N) is 2. The lowest BCUT2D eigenvalue weighted by Gasteiger charge is -2.28. The van der Waals surface area contributed by atoms with Crippen LogP contribution in [0.3, 0.4) is 0 Å². The Morgan fingerprint density at radius 3 is 2.56 bits per heavy atom. The molecule has 27 heavy (non-hydrogen) atoms. The minimum atomic E-state index is -0.219. The zero-order valence-corrected chi connectivity index (χ0v) is 16.3. The number of halogens is 1. The second-order valence-corrected chi connectivity index (χ2v) is 7.35. The van der Waals surface area contributed by atoms with E-state index in [1.54, 1.807) is 19.2 Å². The van der Waals surface area contributed by atoms with Gasteiger partial charge in [-0.25, -0.2) is 4.39 Å². The van der Waals surface area contributed by atoms with Crippen molar-refractivity contribution in [3.8, 4) is 0 Å². The predicted octanol–water partition coefficient (Wildman–Crippen LogP) is 4.65. The molecule has 3 heterocycles. The van der Waals surface area contributed by atoms with Crippen molar-refractivity contribution in [1.29, 1.82) is 0 Å². The lowest BCUT2D eigenvalue weighted by Crippen LogP contribution is -2.29.